The molecule has 0 radical (unpaired) electrons. The molecule has 10 aromatic carbocycles. The van der Waals surface area contributed by atoms with E-state index >= 15 is 0 Å². The molecule has 70 heavy (non-hydrogen) atoms. The van der Waals surface area contributed by atoms with Gasteiger partial charge in [0.15, 0.2) is 25.5 Å². The Kier molecular flexibility index (Phi) is 10.9. The van der Waals surface area contributed by atoms with E-state index in [0.29, 0.717) is 23.0 Å². The summed E-state index contributed by atoms with van der Waals surface area (Å²) in [6.45, 7) is 0. The van der Waals surface area contributed by atoms with E-state index in [-0.39, 0.29) is 0 Å². The third kappa shape index (κ3) is 7.39. The molecule has 0 saturated heterocycles. The van der Waals surface area contributed by atoms with Crippen LogP contribution in [-0.4, -0.2) is 27.6 Å². The van der Waals surface area contributed by atoms with Gasteiger partial charge in [-0.05, 0) is 79.4 Å². The van der Waals surface area contributed by atoms with Crippen LogP contribution in [0.1, 0.15) is 5.56 Å². The Morgan fingerprint density at radius 1 is 0.329 bits per heavy atom. The van der Waals surface area contributed by atoms with Crippen LogP contribution in [0.3, 0.4) is 0 Å². The monoisotopic (exact) mass is 909 g/mol. The van der Waals surface area contributed by atoms with E-state index in [2.05, 4.69) is 187 Å². The number of nitrogens with zero attached hydrogens (tertiary/aromatic N) is 5. The maximum absolute atomic E-state index is 10.1. The predicted molar refractivity (Wildman–Crippen MR) is 290 cm³/mol. The van der Waals surface area contributed by atoms with Crippen LogP contribution in [0, 0.1) is 11.3 Å². The highest BCUT2D eigenvalue weighted by atomic mass is 28.3. The zero-order valence-electron chi connectivity index (χ0n) is 38.1. The standard InChI is InChI=1S/C64H43N5Si/c65-44-50-25-16-17-34-55(50)49-38-40-60-57(43-49)56-35-18-19-36-59(56)69(60)61-39-37-48(42-58(61)64-67-62(45-21-6-1-7-22-45)66-63(68-64)46-23-8-2-9-24-46)47-26-20-33-54(41-47)70(51-27-10-3-11-28-51,52-29-12-4-13-30-52)53-31-14-5-15-32-53/h1-43H. The van der Waals surface area contributed by atoms with Crippen molar-refractivity contribution in [1.82, 2.24) is 19.5 Å². The van der Waals surface area contributed by atoms with Crippen LogP contribution >= 0.6 is 0 Å². The first-order chi connectivity index (χ1) is 34.7. The highest BCUT2D eigenvalue weighted by Crippen LogP contribution is 2.40. The van der Waals surface area contributed by atoms with Crippen LogP contribution in [0.2, 0.25) is 0 Å². The van der Waals surface area contributed by atoms with Gasteiger partial charge in [-0.2, -0.15) is 5.26 Å². The average molecular weight is 910 g/mol. The zero-order chi connectivity index (χ0) is 46.9. The van der Waals surface area contributed by atoms with Gasteiger partial charge in [-0.15, -0.1) is 0 Å². The molecule has 0 aliphatic carbocycles. The van der Waals surface area contributed by atoms with Crippen molar-refractivity contribution < 1.29 is 0 Å². The van der Waals surface area contributed by atoms with Crippen molar-refractivity contribution >= 4 is 50.6 Å². The molecule has 12 rings (SSSR count). The molecule has 0 amide bonds. The third-order valence-electron chi connectivity index (χ3n) is 13.5. The van der Waals surface area contributed by atoms with Gasteiger partial charge in [0.2, 0.25) is 0 Å². The number of nitriles is 1. The summed E-state index contributed by atoms with van der Waals surface area (Å²) in [4.78, 5) is 15.8. The summed E-state index contributed by atoms with van der Waals surface area (Å²) < 4.78 is 2.34. The average Bonchev–Trinajstić information content (AvgIpc) is 3.78. The molecule has 0 bridgehead atoms. The molecule has 0 unspecified atom stereocenters. The predicted octanol–water partition coefficient (Wildman–Crippen LogP) is 12.6. The van der Waals surface area contributed by atoms with E-state index in [4.69, 9.17) is 15.0 Å². The lowest BCUT2D eigenvalue weighted by Gasteiger charge is -2.34. The number of rotatable bonds is 10. The van der Waals surface area contributed by atoms with Crippen molar-refractivity contribution in [2.45, 2.75) is 0 Å². The minimum absolute atomic E-state index is 0.563. The molecule has 0 spiro atoms. The van der Waals surface area contributed by atoms with Crippen LogP contribution in [0.5, 0.6) is 0 Å². The van der Waals surface area contributed by atoms with E-state index < -0.39 is 8.07 Å². The summed E-state index contributed by atoms with van der Waals surface area (Å²) in [6, 6.07) is 94.6. The van der Waals surface area contributed by atoms with Crippen LogP contribution in [0.25, 0.3) is 83.9 Å². The van der Waals surface area contributed by atoms with Gasteiger partial charge >= 0.3 is 0 Å². The largest absolute Gasteiger partial charge is 0.309 e. The number of fused-ring (bicyclic) bond motifs is 3. The second-order valence-corrected chi connectivity index (χ2v) is 21.3. The lowest BCUT2D eigenvalue weighted by atomic mass is 9.98. The first-order valence-corrected chi connectivity index (χ1v) is 25.5. The summed E-state index contributed by atoms with van der Waals surface area (Å²) in [7, 11) is -2.84. The molecular weight excluding hydrogens is 867 g/mol. The summed E-state index contributed by atoms with van der Waals surface area (Å²) in [5, 5.41) is 17.5. The van der Waals surface area contributed by atoms with Gasteiger partial charge < -0.3 is 4.57 Å². The number of hydrogen-bond acceptors (Lipinski definition) is 4. The van der Waals surface area contributed by atoms with Crippen LogP contribution in [0.15, 0.2) is 261 Å². The van der Waals surface area contributed by atoms with Crippen molar-refractivity contribution in [2.75, 3.05) is 0 Å². The fourth-order valence-electron chi connectivity index (χ4n) is 10.2. The second-order valence-electron chi connectivity index (χ2n) is 17.4. The minimum atomic E-state index is -2.84. The molecule has 0 N–H and O–H groups in total. The smallest absolute Gasteiger partial charge is 0.179 e. The number of aromatic nitrogens is 4. The molecule has 0 atom stereocenters. The fraction of sp³-hybridized carbons (Fsp3) is 0. The first-order valence-electron chi connectivity index (χ1n) is 23.5. The summed E-state index contributed by atoms with van der Waals surface area (Å²) >= 11 is 0. The molecule has 2 aromatic heterocycles. The Balaban J connectivity index is 1.13. The lowest BCUT2D eigenvalue weighted by molar-refractivity contribution is 1.06. The number of hydrogen-bond donors (Lipinski definition) is 0. The highest BCUT2D eigenvalue weighted by molar-refractivity contribution is 7.19. The van der Waals surface area contributed by atoms with Crippen molar-refractivity contribution in [3.63, 3.8) is 0 Å². The molecule has 2 heterocycles. The highest BCUT2D eigenvalue weighted by Gasteiger charge is 2.41. The Morgan fingerprint density at radius 2 is 0.800 bits per heavy atom. The Labute approximate surface area is 408 Å². The van der Waals surface area contributed by atoms with E-state index in [1.807, 2.05) is 84.9 Å². The van der Waals surface area contributed by atoms with Crippen LogP contribution in [0.4, 0.5) is 0 Å². The molecular formula is C64H43N5Si. The second kappa shape index (κ2) is 18.1. The van der Waals surface area contributed by atoms with Gasteiger partial charge in [-0.3, -0.25) is 0 Å². The van der Waals surface area contributed by atoms with Gasteiger partial charge in [0.1, 0.15) is 0 Å². The van der Waals surface area contributed by atoms with Gasteiger partial charge in [0.05, 0.1) is 28.4 Å². The minimum Gasteiger partial charge on any atom is -0.309 e. The maximum atomic E-state index is 10.1. The van der Waals surface area contributed by atoms with Gasteiger partial charge in [-0.1, -0.05) is 224 Å². The van der Waals surface area contributed by atoms with Gasteiger partial charge in [-0.25, -0.2) is 15.0 Å². The van der Waals surface area contributed by atoms with Crippen molar-refractivity contribution in [1.29, 1.82) is 5.26 Å². The summed E-state index contributed by atoms with van der Waals surface area (Å²) in [5.41, 5.74) is 10.3. The van der Waals surface area contributed by atoms with Crippen LogP contribution < -0.4 is 20.7 Å². The summed E-state index contributed by atoms with van der Waals surface area (Å²) in [5.74, 6) is 1.75. The topological polar surface area (TPSA) is 67.4 Å². The van der Waals surface area contributed by atoms with Crippen LogP contribution in [-0.2, 0) is 0 Å². The Hall–Kier alpha value is -9.28. The molecule has 12 aromatic rings. The zero-order valence-corrected chi connectivity index (χ0v) is 39.1. The molecule has 0 saturated carbocycles. The maximum Gasteiger partial charge on any atom is 0.179 e. The van der Waals surface area contributed by atoms with Crippen molar-refractivity contribution in [3.8, 4) is 68.2 Å². The van der Waals surface area contributed by atoms with E-state index in [1.165, 1.54) is 20.7 Å². The van der Waals surface area contributed by atoms with E-state index in [0.717, 1.165) is 66.4 Å². The van der Waals surface area contributed by atoms with Crippen molar-refractivity contribution in [2.24, 2.45) is 0 Å². The molecule has 0 aliphatic heterocycles. The Bertz CT molecular complexity index is 3730. The van der Waals surface area contributed by atoms with E-state index in [1.54, 1.807) is 0 Å². The summed E-state index contributed by atoms with van der Waals surface area (Å²) in [6.07, 6.45) is 0. The first kappa shape index (κ1) is 42.1. The molecule has 328 valence electrons. The fourth-order valence-corrected chi connectivity index (χ4v) is 15.0. The quantitative estimate of drug-likeness (QED) is 0.101. The molecule has 0 fully saturated rings. The third-order valence-corrected chi connectivity index (χ3v) is 18.2. The lowest BCUT2D eigenvalue weighted by Crippen LogP contribution is -2.74. The van der Waals surface area contributed by atoms with Gasteiger partial charge in [0.25, 0.3) is 0 Å². The molecule has 0 aliphatic rings. The number of benzene rings is 10. The Morgan fingerprint density at radius 3 is 1.41 bits per heavy atom. The normalized spacial score (nSPS) is 11.4. The SMILES string of the molecule is N#Cc1ccccc1-c1ccc2c(c1)c1ccccc1n2-c1ccc(-c2cccc([Si](c3ccccc3)(c3ccccc3)c3ccccc3)c2)cc1-c1nc(-c2ccccc2)nc(-c2ccccc2)n1. The molecule has 6 heteroatoms. The van der Waals surface area contributed by atoms with Crippen molar-refractivity contribution in [3.05, 3.63) is 266 Å². The number of para-hydroxylation sites is 1. The van der Waals surface area contributed by atoms with Gasteiger partial charge in [0, 0.05) is 27.5 Å². The molecule has 5 nitrogen and oxygen atoms in total. The van der Waals surface area contributed by atoms with E-state index in [9.17, 15) is 5.26 Å².